The normalized spacial score (nSPS) is 19.0. The number of imidazole rings is 1. The Hall–Kier alpha value is -2.11. The molecule has 2 aliphatic rings. The summed E-state index contributed by atoms with van der Waals surface area (Å²) in [5.74, 6) is 3.31. The minimum absolute atomic E-state index is 0.130. The highest BCUT2D eigenvalue weighted by Crippen LogP contribution is 2.33. The molecule has 1 saturated carbocycles. The van der Waals surface area contributed by atoms with Crippen molar-refractivity contribution in [2.24, 2.45) is 5.92 Å². The van der Waals surface area contributed by atoms with Crippen LogP contribution in [0.3, 0.4) is 0 Å². The first-order valence-corrected chi connectivity index (χ1v) is 8.90. The van der Waals surface area contributed by atoms with Crippen LogP contribution in [0.4, 0.5) is 0 Å². The molecule has 0 spiro atoms. The molecule has 6 nitrogen and oxygen atoms in total. The highest BCUT2D eigenvalue weighted by molar-refractivity contribution is 5.78. The van der Waals surface area contributed by atoms with Crippen LogP contribution in [0.1, 0.15) is 48.9 Å². The molecule has 24 heavy (non-hydrogen) atoms. The van der Waals surface area contributed by atoms with E-state index in [1.807, 2.05) is 24.1 Å². The lowest BCUT2D eigenvalue weighted by molar-refractivity contribution is -0.131. The second-order valence-electron chi connectivity index (χ2n) is 7.15. The Morgan fingerprint density at radius 3 is 2.75 bits per heavy atom. The van der Waals surface area contributed by atoms with Gasteiger partial charge in [-0.25, -0.2) is 4.98 Å². The van der Waals surface area contributed by atoms with Gasteiger partial charge in [0.1, 0.15) is 11.6 Å². The lowest BCUT2D eigenvalue weighted by Gasteiger charge is -2.31. The van der Waals surface area contributed by atoms with Crippen LogP contribution in [0.5, 0.6) is 0 Å². The van der Waals surface area contributed by atoms with Crippen LogP contribution in [0.2, 0.25) is 0 Å². The van der Waals surface area contributed by atoms with Gasteiger partial charge in [-0.3, -0.25) is 4.79 Å². The van der Waals surface area contributed by atoms with E-state index >= 15 is 0 Å². The van der Waals surface area contributed by atoms with Crippen molar-refractivity contribution in [2.75, 3.05) is 13.1 Å². The van der Waals surface area contributed by atoms with E-state index < -0.39 is 0 Å². The monoisotopic (exact) mass is 328 g/mol. The Kier molecular flexibility index (Phi) is 4.12. The Labute approximate surface area is 141 Å². The maximum Gasteiger partial charge on any atom is 0.230 e. The van der Waals surface area contributed by atoms with Crippen molar-refractivity contribution in [3.63, 3.8) is 0 Å². The number of hydrogen-bond donors (Lipinski definition) is 0. The molecule has 0 unspecified atom stereocenters. The Bertz CT molecular complexity index is 708. The van der Waals surface area contributed by atoms with E-state index in [-0.39, 0.29) is 5.91 Å². The maximum atomic E-state index is 12.4. The second-order valence-corrected chi connectivity index (χ2v) is 7.15. The first kappa shape index (κ1) is 15.4. The lowest BCUT2D eigenvalue weighted by Crippen LogP contribution is -2.39. The minimum Gasteiger partial charge on any atom is -0.361 e. The van der Waals surface area contributed by atoms with Crippen LogP contribution >= 0.6 is 0 Å². The van der Waals surface area contributed by atoms with Crippen molar-refractivity contribution in [2.45, 2.75) is 51.5 Å². The average Bonchev–Trinajstić information content (AvgIpc) is 3.12. The third-order valence-electron chi connectivity index (χ3n) is 5.11. The molecular weight excluding hydrogens is 304 g/mol. The van der Waals surface area contributed by atoms with Gasteiger partial charge in [-0.1, -0.05) is 5.16 Å². The van der Waals surface area contributed by atoms with Gasteiger partial charge in [-0.05, 0) is 38.5 Å². The zero-order valence-corrected chi connectivity index (χ0v) is 14.1. The van der Waals surface area contributed by atoms with E-state index in [2.05, 4.69) is 20.9 Å². The molecule has 128 valence electrons. The number of aryl methyl sites for hydroxylation is 1. The molecule has 0 bridgehead atoms. The fraction of sp³-hybridized carbons (Fsp3) is 0.611. The van der Waals surface area contributed by atoms with Crippen molar-refractivity contribution in [1.29, 1.82) is 0 Å². The summed E-state index contributed by atoms with van der Waals surface area (Å²) in [4.78, 5) is 19.0. The predicted octanol–water partition coefficient (Wildman–Crippen LogP) is 2.54. The van der Waals surface area contributed by atoms with E-state index in [9.17, 15) is 4.79 Å². The number of amides is 1. The van der Waals surface area contributed by atoms with Gasteiger partial charge in [0.2, 0.25) is 5.91 Å². The average molecular weight is 328 g/mol. The molecule has 3 heterocycles. The fourth-order valence-electron chi connectivity index (χ4n) is 3.56. The van der Waals surface area contributed by atoms with E-state index in [0.717, 1.165) is 44.1 Å². The molecule has 4 rings (SSSR count). The minimum atomic E-state index is 0.130. The number of carbonyl (C=O) groups is 1. The lowest BCUT2D eigenvalue weighted by atomic mass is 9.95. The molecular formula is C18H24N4O2. The molecule has 6 heteroatoms. The molecule has 0 aromatic carbocycles. The van der Waals surface area contributed by atoms with E-state index in [1.165, 1.54) is 18.7 Å². The van der Waals surface area contributed by atoms with Crippen LogP contribution in [0.15, 0.2) is 23.0 Å². The number of piperidine rings is 1. The Morgan fingerprint density at radius 2 is 2.08 bits per heavy atom. The molecule has 0 N–H and O–H groups in total. The molecule has 1 amide bonds. The van der Waals surface area contributed by atoms with Gasteiger partial charge < -0.3 is 14.0 Å². The van der Waals surface area contributed by atoms with Gasteiger partial charge >= 0.3 is 0 Å². The summed E-state index contributed by atoms with van der Waals surface area (Å²) in [5.41, 5.74) is 0.819. The van der Waals surface area contributed by atoms with Crippen LogP contribution in [-0.2, 0) is 17.8 Å². The highest BCUT2D eigenvalue weighted by atomic mass is 16.5. The van der Waals surface area contributed by atoms with Crippen LogP contribution in [0, 0.1) is 12.8 Å². The first-order valence-electron chi connectivity index (χ1n) is 8.90. The molecule has 1 aliphatic heterocycles. The van der Waals surface area contributed by atoms with Crippen molar-refractivity contribution in [3.05, 3.63) is 35.7 Å². The van der Waals surface area contributed by atoms with Crippen molar-refractivity contribution < 1.29 is 9.32 Å². The van der Waals surface area contributed by atoms with Crippen LogP contribution in [-0.4, -0.2) is 38.6 Å². The smallest absolute Gasteiger partial charge is 0.230 e. The number of rotatable bonds is 5. The number of hydrogen-bond acceptors (Lipinski definition) is 4. The second kappa shape index (κ2) is 6.42. The SMILES string of the molecule is Cc1cc(CC(=O)N2CCC(c3nccn3CC3CC3)CC2)on1. The maximum absolute atomic E-state index is 12.4. The number of carbonyl (C=O) groups excluding carboxylic acids is 1. The van der Waals surface area contributed by atoms with E-state index in [1.54, 1.807) is 0 Å². The van der Waals surface area contributed by atoms with Gasteiger partial charge in [-0.15, -0.1) is 0 Å². The van der Waals surface area contributed by atoms with Gasteiger partial charge in [-0.2, -0.15) is 0 Å². The number of nitrogens with zero attached hydrogens (tertiary/aromatic N) is 4. The zero-order valence-electron chi connectivity index (χ0n) is 14.1. The Balaban J connectivity index is 1.33. The van der Waals surface area contributed by atoms with Crippen LogP contribution < -0.4 is 0 Å². The summed E-state index contributed by atoms with van der Waals surface area (Å²) in [6, 6.07) is 1.83. The van der Waals surface area contributed by atoms with Crippen molar-refractivity contribution in [1.82, 2.24) is 19.6 Å². The molecule has 2 aromatic heterocycles. The van der Waals surface area contributed by atoms with Crippen molar-refractivity contribution in [3.8, 4) is 0 Å². The summed E-state index contributed by atoms with van der Waals surface area (Å²) in [6.07, 6.45) is 9.02. The van der Waals surface area contributed by atoms with E-state index in [4.69, 9.17) is 4.52 Å². The molecule has 0 atom stereocenters. The highest BCUT2D eigenvalue weighted by Gasteiger charge is 2.28. The fourth-order valence-corrected chi connectivity index (χ4v) is 3.56. The largest absolute Gasteiger partial charge is 0.361 e. The van der Waals surface area contributed by atoms with Crippen LogP contribution in [0.25, 0.3) is 0 Å². The molecule has 1 aliphatic carbocycles. The summed E-state index contributed by atoms with van der Waals surface area (Å²) in [6.45, 7) is 4.58. The topological polar surface area (TPSA) is 64.2 Å². The third-order valence-corrected chi connectivity index (χ3v) is 5.11. The number of likely N-dealkylation sites (tertiary alicyclic amines) is 1. The van der Waals surface area contributed by atoms with Gasteiger partial charge in [0.25, 0.3) is 0 Å². The van der Waals surface area contributed by atoms with Gasteiger partial charge in [0, 0.05) is 44.0 Å². The molecule has 2 aromatic rings. The summed E-state index contributed by atoms with van der Waals surface area (Å²) in [7, 11) is 0. The standard InChI is InChI=1S/C18H24N4O2/c1-13-10-16(24-20-13)11-17(23)21-7-4-15(5-8-21)18-19-6-9-22(18)12-14-2-3-14/h6,9-10,14-15H,2-5,7-8,11-12H2,1H3. The van der Waals surface area contributed by atoms with Gasteiger partial charge in [0.15, 0.2) is 0 Å². The first-order chi connectivity index (χ1) is 11.7. The molecule has 0 radical (unpaired) electrons. The quantitative estimate of drug-likeness (QED) is 0.846. The predicted molar refractivity (Wildman–Crippen MR) is 88.5 cm³/mol. The summed E-state index contributed by atoms with van der Waals surface area (Å²) < 4.78 is 7.48. The summed E-state index contributed by atoms with van der Waals surface area (Å²) >= 11 is 0. The van der Waals surface area contributed by atoms with Gasteiger partial charge in [0.05, 0.1) is 12.1 Å². The Morgan fingerprint density at radius 1 is 1.29 bits per heavy atom. The van der Waals surface area contributed by atoms with Crippen molar-refractivity contribution >= 4 is 5.91 Å². The van der Waals surface area contributed by atoms with E-state index in [0.29, 0.717) is 18.1 Å². The number of aromatic nitrogens is 3. The zero-order chi connectivity index (χ0) is 16.5. The third kappa shape index (κ3) is 3.37. The summed E-state index contributed by atoms with van der Waals surface area (Å²) in [5, 5.41) is 3.84. The molecule has 1 saturated heterocycles. The molecule has 2 fully saturated rings.